The fourth-order valence-electron chi connectivity index (χ4n) is 2.79. The van der Waals surface area contributed by atoms with Crippen LogP contribution in [0, 0.1) is 0 Å². The average molecular weight is 328 g/mol. The van der Waals surface area contributed by atoms with E-state index in [0.717, 1.165) is 22.6 Å². The molecule has 0 bridgehead atoms. The van der Waals surface area contributed by atoms with E-state index in [-0.39, 0.29) is 5.56 Å². The Kier molecular flexibility index (Phi) is 3.19. The topological polar surface area (TPSA) is 41.8 Å². The van der Waals surface area contributed by atoms with Gasteiger partial charge in [0.15, 0.2) is 0 Å². The van der Waals surface area contributed by atoms with Gasteiger partial charge in [-0.25, -0.2) is 4.98 Å². The van der Waals surface area contributed by atoms with Crippen molar-refractivity contribution in [2.24, 2.45) is 0 Å². The Hall–Kier alpha value is -3.02. The summed E-state index contributed by atoms with van der Waals surface area (Å²) in [6.07, 6.45) is 1.92. The monoisotopic (exact) mass is 328 g/mol. The number of aromatic amines is 1. The molecular weight excluding hydrogens is 317 g/mol. The summed E-state index contributed by atoms with van der Waals surface area (Å²) in [4.78, 5) is 7.28. The molecule has 4 aromatic rings. The fraction of sp³-hybridized carbons (Fsp3) is 0.0556. The van der Waals surface area contributed by atoms with E-state index in [0.29, 0.717) is 11.2 Å². The van der Waals surface area contributed by atoms with E-state index in [1.165, 1.54) is 18.3 Å². The van der Waals surface area contributed by atoms with Crippen molar-refractivity contribution in [1.29, 1.82) is 0 Å². The quantitative estimate of drug-likeness (QED) is 0.527. The molecule has 0 spiro atoms. The maximum absolute atomic E-state index is 13.3. The van der Waals surface area contributed by atoms with Gasteiger partial charge in [-0.2, -0.15) is 13.2 Å². The zero-order valence-electron chi connectivity index (χ0n) is 12.3. The minimum Gasteiger partial charge on any atom is -0.472 e. The second-order valence-electron chi connectivity index (χ2n) is 5.38. The normalized spacial score (nSPS) is 12.0. The second kappa shape index (κ2) is 5.26. The van der Waals surface area contributed by atoms with Crippen molar-refractivity contribution in [3.05, 3.63) is 66.9 Å². The molecule has 24 heavy (non-hydrogen) atoms. The maximum Gasteiger partial charge on any atom is 0.417 e. The van der Waals surface area contributed by atoms with E-state index < -0.39 is 11.7 Å². The van der Waals surface area contributed by atoms with Gasteiger partial charge in [-0.05, 0) is 23.8 Å². The molecule has 1 aromatic carbocycles. The van der Waals surface area contributed by atoms with Crippen LogP contribution in [0.3, 0.4) is 0 Å². The molecule has 120 valence electrons. The SMILES string of the molecule is FC(F)(F)c1ccccc1-c1cnc2[nH]cc(-c3ccoc3)c2c1. The van der Waals surface area contributed by atoms with Gasteiger partial charge >= 0.3 is 6.18 Å². The molecule has 0 aliphatic rings. The number of hydrogen-bond acceptors (Lipinski definition) is 2. The van der Waals surface area contributed by atoms with Crippen LogP contribution in [0.4, 0.5) is 13.2 Å². The lowest BCUT2D eigenvalue weighted by molar-refractivity contribution is -0.137. The summed E-state index contributed by atoms with van der Waals surface area (Å²) in [7, 11) is 0. The number of H-pyrrole nitrogens is 1. The number of halogens is 3. The molecule has 0 aliphatic heterocycles. The standard InChI is InChI=1S/C18H11F3N2O/c19-18(20,21)16-4-2-1-3-13(16)12-7-14-15(11-5-6-24-10-11)9-23-17(14)22-8-12/h1-10H,(H,22,23). The summed E-state index contributed by atoms with van der Waals surface area (Å²) >= 11 is 0. The third kappa shape index (κ3) is 2.36. The predicted molar refractivity (Wildman–Crippen MR) is 84.2 cm³/mol. The van der Waals surface area contributed by atoms with Crippen molar-refractivity contribution in [2.45, 2.75) is 6.18 Å². The lowest BCUT2D eigenvalue weighted by atomic mass is 9.99. The van der Waals surface area contributed by atoms with Crippen molar-refractivity contribution in [1.82, 2.24) is 9.97 Å². The highest BCUT2D eigenvalue weighted by atomic mass is 19.4. The molecule has 0 unspecified atom stereocenters. The summed E-state index contributed by atoms with van der Waals surface area (Å²) in [5.74, 6) is 0. The summed E-state index contributed by atoms with van der Waals surface area (Å²) in [5, 5.41) is 0.742. The first-order chi connectivity index (χ1) is 11.5. The average Bonchev–Trinajstić information content (AvgIpc) is 3.22. The van der Waals surface area contributed by atoms with Crippen molar-refractivity contribution in [3.63, 3.8) is 0 Å². The van der Waals surface area contributed by atoms with Gasteiger partial charge < -0.3 is 9.40 Å². The number of nitrogens with one attached hydrogen (secondary N) is 1. The molecule has 3 nitrogen and oxygen atoms in total. The van der Waals surface area contributed by atoms with Gasteiger partial charge in [0.1, 0.15) is 5.65 Å². The first-order valence-electron chi connectivity index (χ1n) is 7.20. The van der Waals surface area contributed by atoms with Crippen molar-refractivity contribution in [2.75, 3.05) is 0 Å². The number of alkyl halides is 3. The number of rotatable bonds is 2. The summed E-state index contributed by atoms with van der Waals surface area (Å²) < 4.78 is 44.8. The van der Waals surface area contributed by atoms with Gasteiger partial charge in [0.05, 0.1) is 18.1 Å². The summed E-state index contributed by atoms with van der Waals surface area (Å²) in [6, 6.07) is 9.00. The lowest BCUT2D eigenvalue weighted by Crippen LogP contribution is -2.06. The fourth-order valence-corrected chi connectivity index (χ4v) is 2.79. The number of nitrogens with zero attached hydrogens (tertiary/aromatic N) is 1. The van der Waals surface area contributed by atoms with Gasteiger partial charge in [-0.15, -0.1) is 0 Å². The molecule has 0 atom stereocenters. The largest absolute Gasteiger partial charge is 0.472 e. The van der Waals surface area contributed by atoms with Crippen molar-refractivity contribution in [3.8, 4) is 22.3 Å². The van der Waals surface area contributed by atoms with E-state index in [1.807, 2.05) is 0 Å². The molecule has 0 fully saturated rings. The van der Waals surface area contributed by atoms with Crippen LogP contribution < -0.4 is 0 Å². The zero-order chi connectivity index (χ0) is 16.7. The highest BCUT2D eigenvalue weighted by Gasteiger charge is 2.33. The van der Waals surface area contributed by atoms with Crippen molar-refractivity contribution >= 4 is 11.0 Å². The molecule has 6 heteroatoms. The molecule has 0 amide bonds. The molecule has 0 saturated heterocycles. The smallest absolute Gasteiger partial charge is 0.417 e. The minimum atomic E-state index is -4.42. The van der Waals surface area contributed by atoms with Crippen LogP contribution in [0.25, 0.3) is 33.3 Å². The Morgan fingerprint density at radius 1 is 1.00 bits per heavy atom. The predicted octanol–water partition coefficient (Wildman–Crippen LogP) is 5.51. The summed E-state index contributed by atoms with van der Waals surface area (Å²) in [5.41, 5.74) is 2.13. The van der Waals surface area contributed by atoms with Crippen LogP contribution in [-0.2, 0) is 6.18 Å². The first kappa shape index (κ1) is 14.6. The molecule has 3 aromatic heterocycles. The second-order valence-corrected chi connectivity index (χ2v) is 5.38. The molecule has 3 heterocycles. The molecule has 0 saturated carbocycles. The number of pyridine rings is 1. The van der Waals surface area contributed by atoms with Gasteiger partial charge in [-0.3, -0.25) is 0 Å². The van der Waals surface area contributed by atoms with Crippen LogP contribution in [0.1, 0.15) is 5.56 Å². The third-order valence-electron chi connectivity index (χ3n) is 3.91. The van der Waals surface area contributed by atoms with Crippen LogP contribution in [0.5, 0.6) is 0 Å². The van der Waals surface area contributed by atoms with Crippen LogP contribution in [-0.4, -0.2) is 9.97 Å². The zero-order valence-corrected chi connectivity index (χ0v) is 12.3. The number of aromatic nitrogens is 2. The highest BCUT2D eigenvalue weighted by Crippen LogP contribution is 2.38. The Balaban J connectivity index is 1.92. The molecular formula is C18H11F3N2O. The van der Waals surface area contributed by atoms with Gasteiger partial charge in [0.2, 0.25) is 0 Å². The molecule has 0 aliphatic carbocycles. The van der Waals surface area contributed by atoms with Gasteiger partial charge in [-0.1, -0.05) is 18.2 Å². The summed E-state index contributed by atoms with van der Waals surface area (Å²) in [6.45, 7) is 0. The van der Waals surface area contributed by atoms with E-state index in [4.69, 9.17) is 4.42 Å². The Morgan fingerprint density at radius 3 is 2.58 bits per heavy atom. The van der Waals surface area contributed by atoms with E-state index in [1.54, 1.807) is 36.9 Å². The Bertz CT molecular complexity index is 1000. The van der Waals surface area contributed by atoms with Crippen LogP contribution in [0.2, 0.25) is 0 Å². The first-order valence-corrected chi connectivity index (χ1v) is 7.20. The molecule has 1 N–H and O–H groups in total. The highest BCUT2D eigenvalue weighted by molar-refractivity contribution is 5.95. The van der Waals surface area contributed by atoms with E-state index in [2.05, 4.69) is 9.97 Å². The van der Waals surface area contributed by atoms with Gasteiger partial charge in [0.25, 0.3) is 0 Å². The molecule has 0 radical (unpaired) electrons. The lowest BCUT2D eigenvalue weighted by Gasteiger charge is -2.12. The number of furan rings is 1. The number of benzene rings is 1. The number of hydrogen-bond donors (Lipinski definition) is 1. The maximum atomic E-state index is 13.3. The van der Waals surface area contributed by atoms with Gasteiger partial charge in [0, 0.05) is 34.5 Å². The van der Waals surface area contributed by atoms with E-state index in [9.17, 15) is 13.2 Å². The van der Waals surface area contributed by atoms with Crippen LogP contribution >= 0.6 is 0 Å². The molecule has 4 rings (SSSR count). The third-order valence-corrected chi connectivity index (χ3v) is 3.91. The Morgan fingerprint density at radius 2 is 1.83 bits per heavy atom. The van der Waals surface area contributed by atoms with Crippen molar-refractivity contribution < 1.29 is 17.6 Å². The number of fused-ring (bicyclic) bond motifs is 1. The Labute approximate surface area is 134 Å². The minimum absolute atomic E-state index is 0.110. The van der Waals surface area contributed by atoms with Crippen LogP contribution in [0.15, 0.2) is 65.7 Å². The van der Waals surface area contributed by atoms with E-state index >= 15 is 0 Å².